The molecular weight excluding hydrogens is 268 g/mol. The maximum Gasteiger partial charge on any atom is 0.130 e. The molecule has 0 saturated heterocycles. The van der Waals surface area contributed by atoms with Gasteiger partial charge in [-0.1, -0.05) is 17.7 Å². The SMILES string of the molecule is Cc1nn(C)c(Cl)c1CC(Cc1cccs1)NN. The largest absolute Gasteiger partial charge is 0.271 e. The molecule has 6 heteroatoms. The number of hydrogen-bond acceptors (Lipinski definition) is 4. The van der Waals surface area contributed by atoms with Crippen LogP contribution >= 0.6 is 22.9 Å². The van der Waals surface area contributed by atoms with Crippen molar-refractivity contribution in [2.45, 2.75) is 25.8 Å². The standard InChI is InChI=1S/C12H17ClN4S/c1-8-11(12(13)17(2)16-8)7-9(15-14)6-10-4-3-5-18-10/h3-5,9,15H,6-7,14H2,1-2H3. The van der Waals surface area contributed by atoms with Gasteiger partial charge in [0, 0.05) is 23.5 Å². The number of rotatable bonds is 5. The molecule has 0 saturated carbocycles. The highest BCUT2D eigenvalue weighted by Crippen LogP contribution is 2.21. The van der Waals surface area contributed by atoms with Crippen molar-refractivity contribution in [1.29, 1.82) is 0 Å². The molecule has 0 aliphatic carbocycles. The number of hydrogen-bond donors (Lipinski definition) is 2. The fraction of sp³-hybridized carbons (Fsp3) is 0.417. The van der Waals surface area contributed by atoms with Gasteiger partial charge in [-0.15, -0.1) is 11.3 Å². The Hall–Kier alpha value is -0.880. The Morgan fingerprint density at radius 3 is 2.83 bits per heavy atom. The predicted molar refractivity (Wildman–Crippen MR) is 75.8 cm³/mol. The second-order valence-electron chi connectivity index (χ2n) is 4.33. The molecule has 0 spiro atoms. The van der Waals surface area contributed by atoms with Crippen molar-refractivity contribution < 1.29 is 0 Å². The molecule has 0 aromatic carbocycles. The van der Waals surface area contributed by atoms with Crippen LogP contribution in [0.2, 0.25) is 5.15 Å². The van der Waals surface area contributed by atoms with Crippen molar-refractivity contribution >= 4 is 22.9 Å². The summed E-state index contributed by atoms with van der Waals surface area (Å²) in [6.07, 6.45) is 1.69. The Balaban J connectivity index is 2.10. The zero-order valence-corrected chi connectivity index (χ0v) is 12.1. The Bertz CT molecular complexity index is 506. The van der Waals surface area contributed by atoms with Crippen molar-refractivity contribution in [3.63, 3.8) is 0 Å². The number of aryl methyl sites for hydroxylation is 2. The molecule has 2 rings (SSSR count). The van der Waals surface area contributed by atoms with Gasteiger partial charge in [-0.05, 0) is 31.2 Å². The first-order valence-corrected chi connectivity index (χ1v) is 7.04. The molecule has 1 unspecified atom stereocenters. The van der Waals surface area contributed by atoms with Crippen LogP contribution in [0, 0.1) is 6.92 Å². The summed E-state index contributed by atoms with van der Waals surface area (Å²) in [4.78, 5) is 1.32. The molecule has 98 valence electrons. The molecule has 0 radical (unpaired) electrons. The van der Waals surface area contributed by atoms with Crippen LogP contribution in [0.25, 0.3) is 0 Å². The lowest BCUT2D eigenvalue weighted by Gasteiger charge is -2.14. The quantitative estimate of drug-likeness (QED) is 0.653. The zero-order valence-electron chi connectivity index (χ0n) is 10.5. The molecule has 0 fully saturated rings. The Morgan fingerprint density at radius 1 is 1.56 bits per heavy atom. The molecule has 0 bridgehead atoms. The second kappa shape index (κ2) is 5.84. The molecule has 2 aromatic heterocycles. The lowest BCUT2D eigenvalue weighted by molar-refractivity contribution is 0.525. The van der Waals surface area contributed by atoms with Crippen LogP contribution in [0.4, 0.5) is 0 Å². The number of nitrogens with two attached hydrogens (primary N) is 1. The number of nitrogens with one attached hydrogen (secondary N) is 1. The van der Waals surface area contributed by atoms with Crippen molar-refractivity contribution in [2.75, 3.05) is 0 Å². The summed E-state index contributed by atoms with van der Waals surface area (Å²) in [5.41, 5.74) is 4.90. The van der Waals surface area contributed by atoms with Gasteiger partial charge in [0.15, 0.2) is 0 Å². The van der Waals surface area contributed by atoms with Gasteiger partial charge in [0.2, 0.25) is 0 Å². The fourth-order valence-electron chi connectivity index (χ4n) is 2.01. The molecule has 0 amide bonds. The normalized spacial score (nSPS) is 12.9. The summed E-state index contributed by atoms with van der Waals surface area (Å²) in [6, 6.07) is 4.34. The van der Waals surface area contributed by atoms with Crippen LogP contribution in [0.1, 0.15) is 16.1 Å². The Labute approximate surface area is 116 Å². The molecule has 4 nitrogen and oxygen atoms in total. The summed E-state index contributed by atoms with van der Waals surface area (Å²) < 4.78 is 1.70. The number of halogens is 1. The van der Waals surface area contributed by atoms with E-state index >= 15 is 0 Å². The van der Waals surface area contributed by atoms with Gasteiger partial charge in [-0.3, -0.25) is 16.0 Å². The molecule has 1 atom stereocenters. The lowest BCUT2D eigenvalue weighted by Crippen LogP contribution is -2.38. The highest BCUT2D eigenvalue weighted by atomic mass is 35.5. The van der Waals surface area contributed by atoms with Crippen LogP contribution in [-0.2, 0) is 19.9 Å². The minimum atomic E-state index is 0.170. The van der Waals surface area contributed by atoms with E-state index in [1.807, 2.05) is 14.0 Å². The molecule has 18 heavy (non-hydrogen) atoms. The predicted octanol–water partition coefficient (Wildman–Crippen LogP) is 2.06. The summed E-state index contributed by atoms with van der Waals surface area (Å²) in [7, 11) is 1.85. The van der Waals surface area contributed by atoms with Gasteiger partial charge in [0.1, 0.15) is 5.15 Å². The highest BCUT2D eigenvalue weighted by Gasteiger charge is 2.17. The van der Waals surface area contributed by atoms with Gasteiger partial charge in [-0.2, -0.15) is 5.10 Å². The first-order chi connectivity index (χ1) is 8.61. The van der Waals surface area contributed by atoms with E-state index in [0.29, 0.717) is 5.15 Å². The van der Waals surface area contributed by atoms with Crippen molar-refractivity contribution in [1.82, 2.24) is 15.2 Å². The summed E-state index contributed by atoms with van der Waals surface area (Å²) in [6.45, 7) is 1.97. The average molecular weight is 285 g/mol. The van der Waals surface area contributed by atoms with Crippen LogP contribution < -0.4 is 11.3 Å². The van der Waals surface area contributed by atoms with Crippen molar-refractivity contribution in [3.8, 4) is 0 Å². The Morgan fingerprint density at radius 2 is 2.33 bits per heavy atom. The molecule has 2 aromatic rings. The van der Waals surface area contributed by atoms with Gasteiger partial charge >= 0.3 is 0 Å². The van der Waals surface area contributed by atoms with Crippen LogP contribution in [0.5, 0.6) is 0 Å². The van der Waals surface area contributed by atoms with E-state index in [4.69, 9.17) is 17.4 Å². The highest BCUT2D eigenvalue weighted by molar-refractivity contribution is 7.09. The van der Waals surface area contributed by atoms with Crippen LogP contribution in [0.3, 0.4) is 0 Å². The summed E-state index contributed by atoms with van der Waals surface area (Å²) in [5.74, 6) is 5.63. The van der Waals surface area contributed by atoms with Crippen LogP contribution in [-0.4, -0.2) is 15.8 Å². The van der Waals surface area contributed by atoms with Gasteiger partial charge < -0.3 is 0 Å². The summed E-state index contributed by atoms with van der Waals surface area (Å²) >= 11 is 7.97. The molecule has 0 aliphatic rings. The first-order valence-electron chi connectivity index (χ1n) is 5.78. The van der Waals surface area contributed by atoms with E-state index < -0.39 is 0 Å². The maximum atomic E-state index is 6.23. The van der Waals surface area contributed by atoms with Crippen LogP contribution in [0.15, 0.2) is 17.5 Å². The smallest absolute Gasteiger partial charge is 0.130 e. The zero-order chi connectivity index (χ0) is 13.1. The van der Waals surface area contributed by atoms with Gasteiger partial charge in [-0.25, -0.2) is 0 Å². The van der Waals surface area contributed by atoms with E-state index in [2.05, 4.69) is 28.0 Å². The maximum absolute atomic E-state index is 6.23. The molecule has 2 heterocycles. The van der Waals surface area contributed by atoms with Crippen molar-refractivity contribution in [2.24, 2.45) is 12.9 Å². The first kappa shape index (κ1) is 13.5. The number of nitrogens with zero attached hydrogens (tertiary/aromatic N) is 2. The minimum Gasteiger partial charge on any atom is -0.271 e. The van der Waals surface area contributed by atoms with E-state index in [9.17, 15) is 0 Å². The third-order valence-electron chi connectivity index (χ3n) is 2.98. The van der Waals surface area contributed by atoms with E-state index in [0.717, 1.165) is 24.1 Å². The Kier molecular flexibility index (Phi) is 4.40. The lowest BCUT2D eigenvalue weighted by atomic mass is 10.0. The topological polar surface area (TPSA) is 55.9 Å². The van der Waals surface area contributed by atoms with E-state index in [1.165, 1.54) is 4.88 Å². The fourth-order valence-corrected chi connectivity index (χ4v) is 3.05. The number of thiophene rings is 1. The molecular formula is C12H17ClN4S. The monoisotopic (exact) mass is 284 g/mol. The third kappa shape index (κ3) is 2.92. The number of hydrazine groups is 1. The minimum absolute atomic E-state index is 0.170. The second-order valence-corrected chi connectivity index (χ2v) is 5.72. The van der Waals surface area contributed by atoms with Gasteiger partial charge in [0.25, 0.3) is 0 Å². The van der Waals surface area contributed by atoms with E-state index in [1.54, 1.807) is 16.0 Å². The molecule has 3 N–H and O–H groups in total. The summed E-state index contributed by atoms with van der Waals surface area (Å²) in [5, 5.41) is 7.08. The average Bonchev–Trinajstić information content (AvgIpc) is 2.92. The third-order valence-corrected chi connectivity index (χ3v) is 4.36. The number of aromatic nitrogens is 2. The van der Waals surface area contributed by atoms with Crippen molar-refractivity contribution in [3.05, 3.63) is 38.8 Å². The van der Waals surface area contributed by atoms with Gasteiger partial charge in [0.05, 0.1) is 5.69 Å². The van der Waals surface area contributed by atoms with E-state index in [-0.39, 0.29) is 6.04 Å². The molecule has 0 aliphatic heterocycles.